The number of pyridine rings is 1. The summed E-state index contributed by atoms with van der Waals surface area (Å²) in [5.41, 5.74) is 0.160. The summed E-state index contributed by atoms with van der Waals surface area (Å²) in [4.78, 5) is 25.5. The fourth-order valence-corrected chi connectivity index (χ4v) is 2.34. The highest BCUT2D eigenvalue weighted by atomic mass is 32.2. The predicted octanol–water partition coefficient (Wildman–Crippen LogP) is 0.535. The molecule has 110 valence electrons. The number of amides is 1. The lowest BCUT2D eigenvalue weighted by Crippen LogP contribution is -2.19. The molecule has 0 saturated heterocycles. The number of sulfonamides is 1. The van der Waals surface area contributed by atoms with Gasteiger partial charge >= 0.3 is 0 Å². The molecular weight excluding hydrogens is 294 g/mol. The quantitative estimate of drug-likeness (QED) is 0.766. The van der Waals surface area contributed by atoms with E-state index in [1.165, 1.54) is 49.5 Å². The number of hydrogen-bond acceptors (Lipinski definition) is 4. The third-order valence-corrected chi connectivity index (χ3v) is 4.13. The van der Waals surface area contributed by atoms with Crippen LogP contribution in [-0.4, -0.2) is 26.4 Å². The van der Waals surface area contributed by atoms with Crippen molar-refractivity contribution in [2.24, 2.45) is 0 Å². The largest absolute Gasteiger partial charge is 0.321 e. The third-order valence-electron chi connectivity index (χ3n) is 2.70. The van der Waals surface area contributed by atoms with Crippen LogP contribution < -0.4 is 15.6 Å². The molecule has 2 aromatic rings. The van der Waals surface area contributed by atoms with E-state index in [9.17, 15) is 18.0 Å². The first-order chi connectivity index (χ1) is 9.92. The minimum absolute atomic E-state index is 0.0936. The zero-order valence-corrected chi connectivity index (χ0v) is 11.9. The van der Waals surface area contributed by atoms with Crippen LogP contribution in [0, 0.1) is 0 Å². The van der Waals surface area contributed by atoms with E-state index in [-0.39, 0.29) is 16.1 Å². The minimum Gasteiger partial charge on any atom is -0.321 e. The molecule has 1 aromatic carbocycles. The number of H-pyrrole nitrogens is 1. The molecule has 0 radical (unpaired) electrons. The lowest BCUT2D eigenvalue weighted by atomic mass is 10.3. The van der Waals surface area contributed by atoms with Crippen molar-refractivity contribution in [1.82, 2.24) is 9.71 Å². The van der Waals surface area contributed by atoms with Crippen LogP contribution in [-0.2, 0) is 10.0 Å². The fourth-order valence-electron chi connectivity index (χ4n) is 1.61. The molecule has 3 N–H and O–H groups in total. The van der Waals surface area contributed by atoms with Gasteiger partial charge < -0.3 is 10.3 Å². The molecule has 7 nitrogen and oxygen atoms in total. The highest BCUT2D eigenvalue weighted by Crippen LogP contribution is 2.14. The molecule has 0 aliphatic rings. The van der Waals surface area contributed by atoms with Gasteiger partial charge in [-0.25, -0.2) is 13.1 Å². The summed E-state index contributed by atoms with van der Waals surface area (Å²) in [6.45, 7) is 0. The normalized spacial score (nSPS) is 11.1. The first kappa shape index (κ1) is 14.9. The van der Waals surface area contributed by atoms with E-state index in [2.05, 4.69) is 15.0 Å². The van der Waals surface area contributed by atoms with E-state index >= 15 is 0 Å². The third kappa shape index (κ3) is 3.56. The van der Waals surface area contributed by atoms with Gasteiger partial charge in [-0.1, -0.05) is 6.07 Å². The number of benzene rings is 1. The van der Waals surface area contributed by atoms with E-state index in [0.29, 0.717) is 5.69 Å². The molecule has 0 aliphatic carbocycles. The zero-order chi connectivity index (χ0) is 15.5. The van der Waals surface area contributed by atoms with Crippen LogP contribution in [0.4, 0.5) is 5.69 Å². The molecule has 21 heavy (non-hydrogen) atoms. The summed E-state index contributed by atoms with van der Waals surface area (Å²) in [5, 5.41) is 2.56. The van der Waals surface area contributed by atoms with Crippen molar-refractivity contribution in [2.45, 2.75) is 4.90 Å². The number of aromatic nitrogens is 1. The average Bonchev–Trinajstić information content (AvgIpc) is 2.48. The Bertz CT molecular complexity index is 810. The molecule has 0 aliphatic heterocycles. The Kier molecular flexibility index (Phi) is 4.20. The molecule has 0 fully saturated rings. The van der Waals surface area contributed by atoms with Gasteiger partial charge in [0.1, 0.15) is 5.69 Å². The van der Waals surface area contributed by atoms with Crippen LogP contribution in [0.1, 0.15) is 10.5 Å². The van der Waals surface area contributed by atoms with Crippen LogP contribution in [0.2, 0.25) is 0 Å². The van der Waals surface area contributed by atoms with Crippen LogP contribution in [0.25, 0.3) is 0 Å². The van der Waals surface area contributed by atoms with Crippen molar-refractivity contribution < 1.29 is 13.2 Å². The molecule has 0 saturated carbocycles. The minimum atomic E-state index is -3.51. The van der Waals surface area contributed by atoms with Crippen LogP contribution >= 0.6 is 0 Å². The van der Waals surface area contributed by atoms with Gasteiger partial charge in [0, 0.05) is 11.8 Å². The number of aromatic amines is 1. The van der Waals surface area contributed by atoms with E-state index in [1.54, 1.807) is 0 Å². The molecule has 1 amide bonds. The standard InChI is InChI=1S/C13H13N3O4S/c1-14-21(19,20)10-7-5-9(6-8-10)15-13(18)11-3-2-4-12(17)16-11/h2-8,14H,1H3,(H,15,18)(H,16,17). The Morgan fingerprint density at radius 2 is 1.76 bits per heavy atom. The lowest BCUT2D eigenvalue weighted by Gasteiger charge is -2.06. The van der Waals surface area contributed by atoms with Gasteiger partial charge in [-0.15, -0.1) is 0 Å². The summed E-state index contributed by atoms with van der Waals surface area (Å²) in [6, 6.07) is 9.90. The number of carbonyl (C=O) groups excluding carboxylic acids is 1. The van der Waals surface area contributed by atoms with Crippen LogP contribution in [0.15, 0.2) is 52.2 Å². The average molecular weight is 307 g/mol. The molecular formula is C13H13N3O4S. The maximum Gasteiger partial charge on any atom is 0.272 e. The second-order valence-electron chi connectivity index (χ2n) is 4.11. The van der Waals surface area contributed by atoms with Crippen molar-refractivity contribution in [3.8, 4) is 0 Å². The van der Waals surface area contributed by atoms with Gasteiger partial charge in [0.2, 0.25) is 15.6 Å². The SMILES string of the molecule is CNS(=O)(=O)c1ccc(NC(=O)c2cccc(=O)[nH]2)cc1. The number of hydrogen-bond donors (Lipinski definition) is 3. The van der Waals surface area contributed by atoms with Gasteiger partial charge in [0.05, 0.1) is 4.90 Å². The number of rotatable bonds is 4. The smallest absolute Gasteiger partial charge is 0.272 e. The van der Waals surface area contributed by atoms with E-state index in [4.69, 9.17) is 0 Å². The number of anilines is 1. The first-order valence-electron chi connectivity index (χ1n) is 5.97. The summed E-state index contributed by atoms with van der Waals surface area (Å²) >= 11 is 0. The van der Waals surface area contributed by atoms with Crippen molar-refractivity contribution in [2.75, 3.05) is 12.4 Å². The van der Waals surface area contributed by atoms with E-state index in [1.807, 2.05) is 0 Å². The Labute approximate surface area is 121 Å². The molecule has 8 heteroatoms. The van der Waals surface area contributed by atoms with Gasteiger partial charge in [0.15, 0.2) is 0 Å². The van der Waals surface area contributed by atoms with Gasteiger partial charge in [-0.05, 0) is 37.4 Å². The monoisotopic (exact) mass is 307 g/mol. The van der Waals surface area contributed by atoms with Crippen molar-refractivity contribution in [1.29, 1.82) is 0 Å². The second-order valence-corrected chi connectivity index (χ2v) is 6.00. The number of carbonyl (C=O) groups is 1. The molecule has 1 heterocycles. The van der Waals surface area contributed by atoms with Gasteiger partial charge in [-0.2, -0.15) is 0 Å². The van der Waals surface area contributed by atoms with Gasteiger partial charge in [0.25, 0.3) is 5.91 Å². The highest BCUT2D eigenvalue weighted by Gasteiger charge is 2.11. The Morgan fingerprint density at radius 1 is 1.10 bits per heavy atom. The Morgan fingerprint density at radius 3 is 2.33 bits per heavy atom. The van der Waals surface area contributed by atoms with Crippen LogP contribution in [0.3, 0.4) is 0 Å². The summed E-state index contributed by atoms with van der Waals surface area (Å²) < 4.78 is 25.3. The molecule has 0 unspecified atom stereocenters. The van der Waals surface area contributed by atoms with Crippen molar-refractivity contribution in [3.05, 3.63) is 58.5 Å². The molecule has 1 aromatic heterocycles. The zero-order valence-electron chi connectivity index (χ0n) is 11.1. The maximum absolute atomic E-state index is 11.9. The first-order valence-corrected chi connectivity index (χ1v) is 7.45. The maximum atomic E-state index is 11.9. The lowest BCUT2D eigenvalue weighted by molar-refractivity contribution is 0.102. The topological polar surface area (TPSA) is 108 Å². The van der Waals surface area contributed by atoms with Crippen molar-refractivity contribution >= 4 is 21.6 Å². The van der Waals surface area contributed by atoms with Crippen LogP contribution in [0.5, 0.6) is 0 Å². The van der Waals surface area contributed by atoms with E-state index < -0.39 is 15.9 Å². The molecule has 0 atom stereocenters. The predicted molar refractivity (Wildman–Crippen MR) is 77.7 cm³/mol. The van der Waals surface area contributed by atoms with Gasteiger partial charge in [-0.3, -0.25) is 9.59 Å². The number of nitrogens with one attached hydrogen (secondary N) is 3. The second kappa shape index (κ2) is 5.90. The summed E-state index contributed by atoms with van der Waals surface area (Å²) in [5.74, 6) is -0.489. The van der Waals surface area contributed by atoms with E-state index in [0.717, 1.165) is 0 Å². The summed E-state index contributed by atoms with van der Waals surface area (Å²) in [6.07, 6.45) is 0. The Hall–Kier alpha value is -2.45. The fraction of sp³-hybridized carbons (Fsp3) is 0.0769. The summed E-state index contributed by atoms with van der Waals surface area (Å²) in [7, 11) is -2.20. The molecule has 0 bridgehead atoms. The molecule has 0 spiro atoms. The van der Waals surface area contributed by atoms with Crippen molar-refractivity contribution in [3.63, 3.8) is 0 Å². The Balaban J connectivity index is 2.18. The highest BCUT2D eigenvalue weighted by molar-refractivity contribution is 7.89. The molecule has 2 rings (SSSR count).